The van der Waals surface area contributed by atoms with Gasteiger partial charge in [-0.05, 0) is 20.3 Å². The van der Waals surface area contributed by atoms with Gasteiger partial charge in [0.1, 0.15) is 6.04 Å². The summed E-state index contributed by atoms with van der Waals surface area (Å²) >= 11 is 1.58. The lowest BCUT2D eigenvalue weighted by Crippen LogP contribution is -2.55. The molecule has 4 aliphatic heterocycles. The standard InChI is InChI=1S/C23H33N3O4S/c1-5-8-15(2)25-12-7-10-23-17(20(29)26(13-14-27)18(23)21(25)30)16-19(28)24(4)11-6-9-22(16,3)31-23/h6-7,9-10,15-18,27H,5,8,11-14H2,1-4H3/t15?,16-,17-,18?,22+,23-/m0/s1. The van der Waals surface area contributed by atoms with Crippen LogP contribution in [0.15, 0.2) is 24.3 Å². The minimum atomic E-state index is -0.818. The lowest BCUT2D eigenvalue weighted by molar-refractivity contribution is -0.145. The lowest BCUT2D eigenvalue weighted by Gasteiger charge is -2.38. The van der Waals surface area contributed by atoms with Crippen LogP contribution in [0.4, 0.5) is 0 Å². The Hall–Kier alpha value is -1.80. The highest BCUT2D eigenvalue weighted by molar-refractivity contribution is 8.02. The zero-order valence-corrected chi connectivity index (χ0v) is 19.6. The maximum absolute atomic E-state index is 13.9. The second-order valence-electron chi connectivity index (χ2n) is 9.40. The highest BCUT2D eigenvalue weighted by Gasteiger charge is 2.73. The maximum atomic E-state index is 13.9. The minimum Gasteiger partial charge on any atom is -0.395 e. The molecule has 7 nitrogen and oxygen atoms in total. The van der Waals surface area contributed by atoms with E-state index in [1.165, 1.54) is 0 Å². The average molecular weight is 448 g/mol. The van der Waals surface area contributed by atoms with Crippen molar-refractivity contribution in [2.75, 3.05) is 33.3 Å². The van der Waals surface area contributed by atoms with E-state index in [0.717, 1.165) is 12.8 Å². The molecule has 31 heavy (non-hydrogen) atoms. The Morgan fingerprint density at radius 1 is 1.13 bits per heavy atom. The van der Waals surface area contributed by atoms with E-state index in [0.29, 0.717) is 13.1 Å². The quantitative estimate of drug-likeness (QED) is 0.642. The average Bonchev–Trinajstić information content (AvgIpc) is 2.98. The van der Waals surface area contributed by atoms with Gasteiger partial charge < -0.3 is 19.8 Å². The Morgan fingerprint density at radius 3 is 2.52 bits per heavy atom. The molecule has 0 aromatic carbocycles. The zero-order chi connectivity index (χ0) is 22.6. The summed E-state index contributed by atoms with van der Waals surface area (Å²) in [5.74, 6) is -1.50. The Bertz CT molecular complexity index is 845. The Balaban J connectivity index is 1.85. The van der Waals surface area contributed by atoms with Crippen molar-refractivity contribution in [2.24, 2.45) is 11.8 Å². The molecule has 0 aliphatic carbocycles. The zero-order valence-electron chi connectivity index (χ0n) is 18.8. The monoisotopic (exact) mass is 447 g/mol. The van der Waals surface area contributed by atoms with Gasteiger partial charge in [0, 0.05) is 37.5 Å². The van der Waals surface area contributed by atoms with Crippen molar-refractivity contribution in [3.05, 3.63) is 24.3 Å². The Kier molecular flexibility index (Phi) is 5.75. The van der Waals surface area contributed by atoms with Gasteiger partial charge in [-0.15, -0.1) is 11.8 Å². The molecule has 4 rings (SSSR count). The van der Waals surface area contributed by atoms with Gasteiger partial charge in [-0.1, -0.05) is 37.6 Å². The van der Waals surface area contributed by atoms with E-state index >= 15 is 0 Å². The van der Waals surface area contributed by atoms with Crippen molar-refractivity contribution in [3.63, 3.8) is 0 Å². The number of hydrogen-bond acceptors (Lipinski definition) is 5. The van der Waals surface area contributed by atoms with E-state index in [1.807, 2.05) is 37.0 Å². The summed E-state index contributed by atoms with van der Waals surface area (Å²) in [4.78, 5) is 46.2. The largest absolute Gasteiger partial charge is 0.395 e. The maximum Gasteiger partial charge on any atom is 0.247 e. The van der Waals surface area contributed by atoms with Crippen LogP contribution in [0.3, 0.4) is 0 Å². The molecule has 8 heteroatoms. The van der Waals surface area contributed by atoms with E-state index in [1.54, 1.807) is 28.6 Å². The normalized spacial score (nSPS) is 38.2. The van der Waals surface area contributed by atoms with E-state index in [9.17, 15) is 19.5 Å². The Morgan fingerprint density at radius 2 is 1.84 bits per heavy atom. The van der Waals surface area contributed by atoms with Crippen LogP contribution in [0, 0.1) is 11.8 Å². The molecule has 2 saturated heterocycles. The molecule has 170 valence electrons. The smallest absolute Gasteiger partial charge is 0.247 e. The Labute approximate surface area is 188 Å². The first-order chi connectivity index (χ1) is 14.7. The second kappa shape index (κ2) is 7.96. The third-order valence-electron chi connectivity index (χ3n) is 7.37. The molecule has 6 atom stereocenters. The number of β-amino-alcohol motifs (C(OH)–C–C–N with tert-alkyl or cyclic N) is 1. The predicted molar refractivity (Wildman–Crippen MR) is 120 cm³/mol. The fraction of sp³-hybridized carbons (Fsp3) is 0.696. The predicted octanol–water partition coefficient (Wildman–Crippen LogP) is 1.28. The number of rotatable bonds is 5. The third-order valence-corrected chi connectivity index (χ3v) is 9.17. The third kappa shape index (κ3) is 3.17. The number of aliphatic hydroxyl groups is 1. The minimum absolute atomic E-state index is 0.0545. The first-order valence-electron chi connectivity index (χ1n) is 11.2. The van der Waals surface area contributed by atoms with Crippen LogP contribution >= 0.6 is 11.8 Å². The van der Waals surface area contributed by atoms with E-state index < -0.39 is 27.4 Å². The number of hydrogen-bond donors (Lipinski definition) is 1. The number of aliphatic hydroxyl groups excluding tert-OH is 1. The van der Waals surface area contributed by atoms with Crippen LogP contribution in [-0.2, 0) is 14.4 Å². The van der Waals surface area contributed by atoms with Crippen LogP contribution in [-0.4, -0.2) is 92.4 Å². The number of carbonyl (C=O) groups excluding carboxylic acids is 3. The summed E-state index contributed by atoms with van der Waals surface area (Å²) < 4.78 is -1.39. The molecular weight excluding hydrogens is 414 g/mol. The van der Waals surface area contributed by atoms with Crippen LogP contribution in [0.25, 0.3) is 0 Å². The fourth-order valence-corrected chi connectivity index (χ4v) is 8.14. The molecule has 0 aromatic heterocycles. The fourth-order valence-electron chi connectivity index (χ4n) is 5.98. The van der Waals surface area contributed by atoms with Crippen LogP contribution in [0.1, 0.15) is 33.6 Å². The van der Waals surface area contributed by atoms with Gasteiger partial charge in [0.05, 0.1) is 23.2 Å². The van der Waals surface area contributed by atoms with Gasteiger partial charge in [0.2, 0.25) is 17.7 Å². The molecule has 3 amide bonds. The number of amides is 3. The number of likely N-dealkylation sites (tertiary alicyclic amines) is 1. The topological polar surface area (TPSA) is 81.2 Å². The number of carbonyl (C=O) groups is 3. The number of thioether (sulfide) groups is 1. The van der Waals surface area contributed by atoms with Gasteiger partial charge in [-0.3, -0.25) is 14.4 Å². The molecule has 4 aliphatic rings. The van der Waals surface area contributed by atoms with Crippen molar-refractivity contribution in [3.8, 4) is 0 Å². The molecule has 0 saturated carbocycles. The van der Waals surface area contributed by atoms with Gasteiger partial charge in [-0.2, -0.15) is 0 Å². The first kappa shape index (κ1) is 22.4. The SMILES string of the molecule is CCCC(C)N1CC=C[C@]23S[C@]4(C)C=CCN(C)C(=O)[C@@H]4[C@H]2C(=O)N(CCO)C3C1=O. The molecule has 0 bridgehead atoms. The molecule has 0 aromatic rings. The van der Waals surface area contributed by atoms with Crippen molar-refractivity contribution in [2.45, 2.75) is 55.2 Å². The highest BCUT2D eigenvalue weighted by Crippen LogP contribution is 2.65. The van der Waals surface area contributed by atoms with Gasteiger partial charge >= 0.3 is 0 Å². The highest BCUT2D eigenvalue weighted by atomic mass is 32.2. The van der Waals surface area contributed by atoms with Crippen molar-refractivity contribution in [1.82, 2.24) is 14.7 Å². The van der Waals surface area contributed by atoms with Crippen LogP contribution < -0.4 is 0 Å². The second-order valence-corrected chi connectivity index (χ2v) is 11.2. The summed E-state index contributed by atoms with van der Waals surface area (Å²) in [6.45, 7) is 7.06. The summed E-state index contributed by atoms with van der Waals surface area (Å²) in [6.07, 6.45) is 9.93. The van der Waals surface area contributed by atoms with Crippen molar-refractivity contribution in [1.29, 1.82) is 0 Å². The van der Waals surface area contributed by atoms with Crippen LogP contribution in [0.5, 0.6) is 0 Å². The molecule has 4 heterocycles. The van der Waals surface area contributed by atoms with Gasteiger partial charge in [0.25, 0.3) is 0 Å². The van der Waals surface area contributed by atoms with Crippen LogP contribution in [0.2, 0.25) is 0 Å². The molecule has 0 radical (unpaired) electrons. The number of likely N-dealkylation sites (N-methyl/N-ethyl adjacent to an activating group) is 1. The van der Waals surface area contributed by atoms with E-state index in [4.69, 9.17) is 0 Å². The van der Waals surface area contributed by atoms with Gasteiger partial charge in [0.15, 0.2) is 0 Å². The molecule has 2 fully saturated rings. The lowest BCUT2D eigenvalue weighted by atomic mass is 9.74. The molecular formula is C23H33N3O4S. The number of nitrogens with zero attached hydrogens (tertiary/aromatic N) is 3. The molecule has 1 spiro atoms. The summed E-state index contributed by atoms with van der Waals surface area (Å²) in [5, 5.41) is 9.70. The summed E-state index contributed by atoms with van der Waals surface area (Å²) in [5.41, 5.74) is 0. The number of fused-ring (bicyclic) bond motifs is 2. The van der Waals surface area contributed by atoms with Crippen molar-refractivity contribution < 1.29 is 19.5 Å². The first-order valence-corrected chi connectivity index (χ1v) is 12.1. The molecule has 1 N–H and O–H groups in total. The molecule has 2 unspecified atom stereocenters. The van der Waals surface area contributed by atoms with Gasteiger partial charge in [-0.25, -0.2) is 0 Å². The van der Waals surface area contributed by atoms with Crippen molar-refractivity contribution >= 4 is 29.5 Å². The van der Waals surface area contributed by atoms with E-state index in [2.05, 4.69) is 13.0 Å². The summed E-state index contributed by atoms with van der Waals surface area (Å²) in [6, 6.07) is -0.655. The van der Waals surface area contributed by atoms with E-state index in [-0.39, 0.29) is 36.9 Å². The summed E-state index contributed by atoms with van der Waals surface area (Å²) in [7, 11) is 1.76.